The molecular formula is C44H86O4. The monoisotopic (exact) mass is 679 g/mol. The van der Waals surface area contributed by atoms with Crippen molar-refractivity contribution in [1.82, 2.24) is 0 Å². The third-order valence-electron chi connectivity index (χ3n) is 9.84. The summed E-state index contributed by atoms with van der Waals surface area (Å²) in [7, 11) is 0. The van der Waals surface area contributed by atoms with Crippen LogP contribution in [0.25, 0.3) is 0 Å². The van der Waals surface area contributed by atoms with Crippen molar-refractivity contribution < 1.29 is 19.4 Å². The van der Waals surface area contributed by atoms with Crippen LogP contribution in [0.1, 0.15) is 239 Å². The van der Waals surface area contributed by atoms with Crippen molar-refractivity contribution in [2.24, 2.45) is 0 Å². The molecule has 4 heteroatoms. The number of carbonyl (C=O) groups excluding carboxylic acids is 1. The minimum Gasteiger partial charge on any atom is -0.457 e. The van der Waals surface area contributed by atoms with Crippen LogP contribution >= 0.6 is 0 Å². The number of carbonyl (C=O) groups is 1. The van der Waals surface area contributed by atoms with Crippen molar-refractivity contribution in [3.63, 3.8) is 0 Å². The maximum absolute atomic E-state index is 12.2. The highest BCUT2D eigenvalue weighted by Gasteiger charge is 2.13. The van der Waals surface area contributed by atoms with E-state index in [1.165, 1.54) is 199 Å². The van der Waals surface area contributed by atoms with Gasteiger partial charge in [0.2, 0.25) is 0 Å². The van der Waals surface area contributed by atoms with Gasteiger partial charge in [0.15, 0.2) is 0 Å². The van der Waals surface area contributed by atoms with E-state index in [4.69, 9.17) is 9.47 Å². The highest BCUT2D eigenvalue weighted by molar-refractivity contribution is 5.69. The first-order valence-electron chi connectivity index (χ1n) is 21.8. The maximum atomic E-state index is 12.2. The van der Waals surface area contributed by atoms with Crippen LogP contribution in [0, 0.1) is 0 Å². The van der Waals surface area contributed by atoms with Crippen molar-refractivity contribution in [2.75, 3.05) is 19.8 Å². The normalized spacial score (nSPS) is 12.3. The highest BCUT2D eigenvalue weighted by atomic mass is 16.6. The molecule has 0 amide bonds. The van der Waals surface area contributed by atoms with Gasteiger partial charge in [-0.3, -0.25) is 4.79 Å². The Kier molecular flexibility index (Phi) is 41.5. The van der Waals surface area contributed by atoms with Gasteiger partial charge in [0.25, 0.3) is 0 Å². The van der Waals surface area contributed by atoms with Crippen LogP contribution in [0.2, 0.25) is 0 Å². The Morgan fingerprint density at radius 2 is 0.812 bits per heavy atom. The lowest BCUT2D eigenvalue weighted by Crippen LogP contribution is -2.27. The summed E-state index contributed by atoms with van der Waals surface area (Å²) < 4.78 is 11.2. The average molecular weight is 679 g/mol. The molecule has 1 atom stereocenters. The van der Waals surface area contributed by atoms with Gasteiger partial charge in [-0.15, -0.1) is 0 Å². The quantitative estimate of drug-likeness (QED) is 0.0397. The Labute approximate surface area is 301 Å². The molecule has 0 aromatic heterocycles. The van der Waals surface area contributed by atoms with Crippen molar-refractivity contribution in [2.45, 2.75) is 245 Å². The summed E-state index contributed by atoms with van der Waals surface area (Å²) in [5.74, 6) is -0.204. The van der Waals surface area contributed by atoms with Crippen molar-refractivity contribution in [3.05, 3.63) is 12.2 Å². The second-order valence-electron chi connectivity index (χ2n) is 14.8. The summed E-state index contributed by atoms with van der Waals surface area (Å²) in [6, 6.07) is 0. The zero-order valence-corrected chi connectivity index (χ0v) is 32.8. The summed E-state index contributed by atoms with van der Waals surface area (Å²) in [6.45, 7) is 5.38. The summed E-state index contributed by atoms with van der Waals surface area (Å²) in [5.41, 5.74) is 0. The van der Waals surface area contributed by atoms with E-state index in [-0.39, 0.29) is 12.6 Å². The molecule has 286 valence electrons. The number of aliphatic hydroxyl groups is 1. The van der Waals surface area contributed by atoms with Crippen LogP contribution in [0.5, 0.6) is 0 Å². The molecule has 0 aromatic carbocycles. The number of ether oxygens (including phenoxy) is 2. The van der Waals surface area contributed by atoms with Gasteiger partial charge in [0, 0.05) is 13.0 Å². The Morgan fingerprint density at radius 3 is 1.19 bits per heavy atom. The molecular weight excluding hydrogens is 592 g/mol. The molecule has 0 aromatic rings. The number of esters is 1. The number of hydrogen-bond donors (Lipinski definition) is 1. The molecule has 0 spiro atoms. The summed E-state index contributed by atoms with van der Waals surface area (Å²) in [5, 5.41) is 9.59. The van der Waals surface area contributed by atoms with Gasteiger partial charge in [-0.1, -0.05) is 206 Å². The molecule has 0 aliphatic heterocycles. The fourth-order valence-electron chi connectivity index (χ4n) is 6.56. The molecule has 0 aliphatic carbocycles. The molecule has 0 rings (SSSR count). The van der Waals surface area contributed by atoms with E-state index < -0.39 is 6.10 Å². The molecule has 1 N–H and O–H groups in total. The van der Waals surface area contributed by atoms with Crippen LogP contribution in [0.4, 0.5) is 0 Å². The van der Waals surface area contributed by atoms with Crippen LogP contribution in [0.3, 0.4) is 0 Å². The van der Waals surface area contributed by atoms with Crippen molar-refractivity contribution >= 4 is 5.97 Å². The van der Waals surface area contributed by atoms with E-state index >= 15 is 0 Å². The Hall–Kier alpha value is -0.870. The molecule has 1 unspecified atom stereocenters. The van der Waals surface area contributed by atoms with Crippen LogP contribution in [-0.2, 0) is 14.3 Å². The lowest BCUT2D eigenvalue weighted by atomic mass is 10.0. The van der Waals surface area contributed by atoms with Gasteiger partial charge < -0.3 is 14.6 Å². The van der Waals surface area contributed by atoms with E-state index in [1.807, 2.05) is 0 Å². The molecule has 0 saturated carbocycles. The fraction of sp³-hybridized carbons (Fsp3) is 0.932. The molecule has 48 heavy (non-hydrogen) atoms. The zero-order chi connectivity index (χ0) is 34.9. The van der Waals surface area contributed by atoms with Crippen LogP contribution in [0.15, 0.2) is 12.2 Å². The van der Waals surface area contributed by atoms with Gasteiger partial charge >= 0.3 is 5.97 Å². The first-order valence-corrected chi connectivity index (χ1v) is 21.8. The van der Waals surface area contributed by atoms with E-state index in [9.17, 15) is 9.90 Å². The second-order valence-corrected chi connectivity index (χ2v) is 14.8. The first-order chi connectivity index (χ1) is 23.7. The fourth-order valence-corrected chi connectivity index (χ4v) is 6.56. The average Bonchev–Trinajstić information content (AvgIpc) is 3.09. The number of allylic oxidation sites excluding steroid dienone is 2. The lowest BCUT2D eigenvalue weighted by molar-refractivity contribution is -0.154. The standard InChI is InChI=1S/C44H86O4/c1-3-5-7-9-11-13-15-17-19-20-21-22-23-24-26-28-30-32-34-36-38-40-47-42-43(41-45)48-44(46)39-37-35-33-31-29-27-25-18-16-14-12-10-8-6-4-2/h18,25,43,45H,3-17,19-24,26-42H2,1-2H3/b25-18-. The molecule has 0 radical (unpaired) electrons. The van der Waals surface area contributed by atoms with Gasteiger partial charge in [0.1, 0.15) is 6.10 Å². The first kappa shape index (κ1) is 47.1. The summed E-state index contributed by atoms with van der Waals surface area (Å²) >= 11 is 0. The third-order valence-corrected chi connectivity index (χ3v) is 9.84. The van der Waals surface area contributed by atoms with Gasteiger partial charge in [-0.25, -0.2) is 0 Å². The SMILES string of the molecule is CCCCCCCC/C=C\CCCCCCCC(=O)OC(CO)COCCCCCCCCCCCCCCCCCCCCCCC. The Bertz CT molecular complexity index is 633. The van der Waals surface area contributed by atoms with E-state index in [0.29, 0.717) is 19.6 Å². The third kappa shape index (κ3) is 39.6. The van der Waals surface area contributed by atoms with Crippen LogP contribution in [-0.4, -0.2) is 37.0 Å². The molecule has 0 bridgehead atoms. The number of aliphatic hydroxyl groups excluding tert-OH is 1. The second kappa shape index (κ2) is 42.3. The molecule has 0 aliphatic rings. The van der Waals surface area contributed by atoms with E-state index in [1.54, 1.807) is 0 Å². The van der Waals surface area contributed by atoms with E-state index in [0.717, 1.165) is 19.3 Å². The van der Waals surface area contributed by atoms with Gasteiger partial charge in [-0.05, 0) is 38.5 Å². The summed E-state index contributed by atoms with van der Waals surface area (Å²) in [4.78, 5) is 12.2. The van der Waals surface area contributed by atoms with Gasteiger partial charge in [0.05, 0.1) is 13.2 Å². The van der Waals surface area contributed by atoms with Crippen molar-refractivity contribution in [1.29, 1.82) is 0 Å². The number of rotatable bonds is 41. The van der Waals surface area contributed by atoms with Gasteiger partial charge in [-0.2, -0.15) is 0 Å². The minimum absolute atomic E-state index is 0.169. The predicted molar refractivity (Wildman–Crippen MR) is 210 cm³/mol. The lowest BCUT2D eigenvalue weighted by Gasteiger charge is -2.15. The molecule has 0 fully saturated rings. The smallest absolute Gasteiger partial charge is 0.306 e. The topological polar surface area (TPSA) is 55.8 Å². The Balaban J connectivity index is 3.37. The maximum Gasteiger partial charge on any atom is 0.306 e. The molecule has 0 heterocycles. The van der Waals surface area contributed by atoms with E-state index in [2.05, 4.69) is 26.0 Å². The zero-order valence-electron chi connectivity index (χ0n) is 32.8. The van der Waals surface area contributed by atoms with Crippen LogP contribution < -0.4 is 0 Å². The number of unbranched alkanes of at least 4 members (excludes halogenated alkanes) is 31. The summed E-state index contributed by atoms with van der Waals surface area (Å²) in [6.07, 6.45) is 49.9. The predicted octanol–water partition coefficient (Wildman–Crippen LogP) is 14.2. The highest BCUT2D eigenvalue weighted by Crippen LogP contribution is 2.16. The Morgan fingerprint density at radius 1 is 0.479 bits per heavy atom. The number of hydrogen-bond acceptors (Lipinski definition) is 4. The molecule has 0 saturated heterocycles. The molecule has 4 nitrogen and oxygen atoms in total. The van der Waals surface area contributed by atoms with Crippen molar-refractivity contribution in [3.8, 4) is 0 Å². The largest absolute Gasteiger partial charge is 0.457 e. The minimum atomic E-state index is -0.532.